The highest BCUT2D eigenvalue weighted by Crippen LogP contribution is 2.37. The van der Waals surface area contributed by atoms with Crippen molar-refractivity contribution in [3.8, 4) is 0 Å². The fourth-order valence-corrected chi connectivity index (χ4v) is 3.31. The lowest BCUT2D eigenvalue weighted by molar-refractivity contribution is -0.105. The van der Waals surface area contributed by atoms with Gasteiger partial charge in [-0.15, -0.1) is 0 Å². The fraction of sp³-hybridized carbons (Fsp3) is 1.00. The van der Waals surface area contributed by atoms with Crippen molar-refractivity contribution in [2.45, 2.75) is 110 Å². The van der Waals surface area contributed by atoms with E-state index >= 15 is 0 Å². The van der Waals surface area contributed by atoms with E-state index < -0.39 is 0 Å². The lowest BCUT2D eigenvalue weighted by Gasteiger charge is -2.34. The minimum absolute atomic E-state index is 0.0408. The highest BCUT2D eigenvalue weighted by molar-refractivity contribution is 4.86. The van der Waals surface area contributed by atoms with Crippen LogP contribution in [-0.4, -0.2) is 23.4 Å². The Balaban J connectivity index is 2.36. The molecule has 0 aromatic rings. The topological polar surface area (TPSA) is 18.5 Å². The molecule has 0 heterocycles. The summed E-state index contributed by atoms with van der Waals surface area (Å²) in [5, 5.41) is 0. The van der Waals surface area contributed by atoms with Crippen molar-refractivity contribution in [1.29, 1.82) is 0 Å². The molecule has 0 amide bonds. The lowest BCUT2D eigenvalue weighted by atomic mass is 9.96. The first-order chi connectivity index (χ1) is 8.79. The van der Waals surface area contributed by atoms with Crippen LogP contribution in [0, 0.1) is 0 Å². The maximum atomic E-state index is 6.39. The Bertz CT molecular complexity index is 252. The second-order valence-corrected chi connectivity index (χ2v) is 7.14. The molecular formula is C17H34O2. The van der Waals surface area contributed by atoms with Gasteiger partial charge in [0.25, 0.3) is 0 Å². The number of hydrogen-bond acceptors (Lipinski definition) is 2. The van der Waals surface area contributed by atoms with Gasteiger partial charge in [-0.2, -0.15) is 0 Å². The van der Waals surface area contributed by atoms with Crippen LogP contribution in [0.5, 0.6) is 0 Å². The van der Waals surface area contributed by atoms with Crippen molar-refractivity contribution in [1.82, 2.24) is 0 Å². The molecule has 1 fully saturated rings. The molecule has 0 spiro atoms. The average molecular weight is 270 g/mol. The number of rotatable bonds is 8. The monoisotopic (exact) mass is 270 g/mol. The minimum atomic E-state index is -0.0408. The molecule has 0 saturated heterocycles. The van der Waals surface area contributed by atoms with Crippen LogP contribution in [-0.2, 0) is 9.47 Å². The molecule has 1 atom stereocenters. The SMILES string of the molecule is CCC1(OC(C)CCC(C)(C)OC(C)C)CCCC1. The van der Waals surface area contributed by atoms with Gasteiger partial charge in [0.05, 0.1) is 23.4 Å². The van der Waals surface area contributed by atoms with Crippen LogP contribution < -0.4 is 0 Å². The zero-order valence-electron chi connectivity index (χ0n) is 13.9. The Kier molecular flexibility index (Phi) is 6.32. The predicted octanol–water partition coefficient (Wildman–Crippen LogP) is 5.10. The molecule has 0 aliphatic heterocycles. The van der Waals surface area contributed by atoms with Gasteiger partial charge in [-0.05, 0) is 66.7 Å². The molecule has 0 bridgehead atoms. The van der Waals surface area contributed by atoms with Crippen molar-refractivity contribution in [2.75, 3.05) is 0 Å². The molecule has 0 N–H and O–H groups in total. The summed E-state index contributed by atoms with van der Waals surface area (Å²) in [4.78, 5) is 0. The molecule has 2 nitrogen and oxygen atoms in total. The zero-order valence-corrected chi connectivity index (χ0v) is 13.9. The summed E-state index contributed by atoms with van der Waals surface area (Å²) in [6.07, 6.45) is 9.11. The smallest absolute Gasteiger partial charge is 0.0683 e. The lowest BCUT2D eigenvalue weighted by Crippen LogP contribution is -2.34. The molecule has 0 radical (unpaired) electrons. The summed E-state index contributed by atoms with van der Waals surface area (Å²) in [7, 11) is 0. The maximum absolute atomic E-state index is 6.39. The van der Waals surface area contributed by atoms with Crippen LogP contribution in [0.25, 0.3) is 0 Å². The second kappa shape index (κ2) is 7.08. The third-order valence-electron chi connectivity index (χ3n) is 4.32. The number of hydrogen-bond donors (Lipinski definition) is 0. The van der Waals surface area contributed by atoms with Gasteiger partial charge in [0, 0.05) is 0 Å². The fourth-order valence-electron chi connectivity index (χ4n) is 3.31. The minimum Gasteiger partial charge on any atom is -0.373 e. The summed E-state index contributed by atoms with van der Waals surface area (Å²) >= 11 is 0. The van der Waals surface area contributed by atoms with Crippen molar-refractivity contribution < 1.29 is 9.47 Å². The van der Waals surface area contributed by atoms with Gasteiger partial charge < -0.3 is 9.47 Å². The van der Waals surface area contributed by atoms with E-state index in [1.165, 1.54) is 25.7 Å². The van der Waals surface area contributed by atoms with Gasteiger partial charge in [0.15, 0.2) is 0 Å². The van der Waals surface area contributed by atoms with E-state index in [-0.39, 0.29) is 11.2 Å². The standard InChI is InChI=1S/C17H34O2/c1-7-17(11-8-9-12-17)19-15(4)10-13-16(5,6)18-14(2)3/h14-15H,7-13H2,1-6H3. The Labute approximate surface area is 120 Å². The highest BCUT2D eigenvalue weighted by Gasteiger charge is 2.34. The van der Waals surface area contributed by atoms with E-state index in [4.69, 9.17) is 9.47 Å². The first kappa shape index (κ1) is 17.0. The molecule has 1 unspecified atom stereocenters. The van der Waals surface area contributed by atoms with Gasteiger partial charge >= 0.3 is 0 Å². The molecule has 2 heteroatoms. The van der Waals surface area contributed by atoms with Crippen LogP contribution in [0.15, 0.2) is 0 Å². The van der Waals surface area contributed by atoms with Gasteiger partial charge in [-0.25, -0.2) is 0 Å². The Morgan fingerprint density at radius 2 is 1.68 bits per heavy atom. The first-order valence-corrected chi connectivity index (χ1v) is 8.14. The van der Waals surface area contributed by atoms with E-state index in [9.17, 15) is 0 Å². The van der Waals surface area contributed by atoms with Crippen LogP contribution in [0.3, 0.4) is 0 Å². The van der Waals surface area contributed by atoms with Crippen LogP contribution >= 0.6 is 0 Å². The Hall–Kier alpha value is -0.0800. The zero-order chi connectivity index (χ0) is 14.5. The van der Waals surface area contributed by atoms with E-state index in [0.717, 1.165) is 19.3 Å². The van der Waals surface area contributed by atoms with E-state index in [2.05, 4.69) is 41.5 Å². The van der Waals surface area contributed by atoms with E-state index in [1.807, 2.05) is 0 Å². The largest absolute Gasteiger partial charge is 0.373 e. The molecule has 114 valence electrons. The molecule has 0 aromatic heterocycles. The number of ether oxygens (including phenoxy) is 2. The quantitative estimate of drug-likeness (QED) is 0.611. The van der Waals surface area contributed by atoms with Gasteiger partial charge in [-0.3, -0.25) is 0 Å². The summed E-state index contributed by atoms with van der Waals surface area (Å²) in [5.41, 5.74) is 0.142. The molecule has 1 rings (SSSR count). The van der Waals surface area contributed by atoms with Crippen molar-refractivity contribution >= 4 is 0 Å². The van der Waals surface area contributed by atoms with Crippen molar-refractivity contribution in [3.63, 3.8) is 0 Å². The molecule has 1 aliphatic carbocycles. The summed E-state index contributed by atoms with van der Waals surface area (Å²) in [6.45, 7) is 13.1. The third-order valence-corrected chi connectivity index (χ3v) is 4.32. The second-order valence-electron chi connectivity index (χ2n) is 7.14. The first-order valence-electron chi connectivity index (χ1n) is 8.14. The van der Waals surface area contributed by atoms with E-state index in [1.54, 1.807) is 0 Å². The van der Waals surface area contributed by atoms with Gasteiger partial charge in [0.1, 0.15) is 0 Å². The average Bonchev–Trinajstić information content (AvgIpc) is 2.74. The summed E-state index contributed by atoms with van der Waals surface area (Å²) in [5.74, 6) is 0. The highest BCUT2D eigenvalue weighted by atomic mass is 16.5. The van der Waals surface area contributed by atoms with Crippen LogP contribution in [0.1, 0.15) is 86.5 Å². The van der Waals surface area contributed by atoms with Gasteiger partial charge in [-0.1, -0.05) is 19.8 Å². The predicted molar refractivity (Wildman–Crippen MR) is 81.6 cm³/mol. The summed E-state index contributed by atoms with van der Waals surface area (Å²) < 4.78 is 12.3. The molecule has 19 heavy (non-hydrogen) atoms. The summed E-state index contributed by atoms with van der Waals surface area (Å²) in [6, 6.07) is 0. The third kappa shape index (κ3) is 5.83. The van der Waals surface area contributed by atoms with E-state index in [0.29, 0.717) is 12.2 Å². The molecular weight excluding hydrogens is 236 g/mol. The van der Waals surface area contributed by atoms with Gasteiger partial charge in [0.2, 0.25) is 0 Å². The normalized spacial score (nSPS) is 21.0. The Morgan fingerprint density at radius 1 is 1.11 bits per heavy atom. The Morgan fingerprint density at radius 3 is 2.16 bits per heavy atom. The molecule has 0 aromatic carbocycles. The van der Waals surface area contributed by atoms with Crippen molar-refractivity contribution in [2.24, 2.45) is 0 Å². The molecule has 1 aliphatic rings. The van der Waals surface area contributed by atoms with Crippen LogP contribution in [0.4, 0.5) is 0 Å². The van der Waals surface area contributed by atoms with Crippen molar-refractivity contribution in [3.05, 3.63) is 0 Å². The molecule has 1 saturated carbocycles. The van der Waals surface area contributed by atoms with Crippen LogP contribution in [0.2, 0.25) is 0 Å². The maximum Gasteiger partial charge on any atom is 0.0683 e.